The molecule has 0 saturated heterocycles. The van der Waals surface area contributed by atoms with Gasteiger partial charge >= 0.3 is 0 Å². The number of ether oxygens (including phenoxy) is 1. The standard InChI is InChI=1S/C17H16N4O3/c22-15(8-10-23-14-6-2-1-3-7-14)19-12-16-20-21-17(24-16)13-5-4-9-18-11-13/h1-7,9,11H,8,10,12H2,(H,19,22). The fraction of sp³-hybridized carbons (Fsp3) is 0.176. The second kappa shape index (κ2) is 7.87. The van der Waals surface area contributed by atoms with E-state index in [2.05, 4.69) is 20.5 Å². The fourth-order valence-corrected chi connectivity index (χ4v) is 1.97. The van der Waals surface area contributed by atoms with Crippen molar-refractivity contribution in [2.75, 3.05) is 6.61 Å². The molecule has 0 atom stereocenters. The van der Waals surface area contributed by atoms with Gasteiger partial charge in [0.05, 0.1) is 25.1 Å². The molecule has 24 heavy (non-hydrogen) atoms. The predicted octanol–water partition coefficient (Wildman–Crippen LogP) is 2.22. The first-order chi connectivity index (χ1) is 11.8. The maximum Gasteiger partial charge on any atom is 0.249 e. The van der Waals surface area contributed by atoms with Crippen molar-refractivity contribution in [3.63, 3.8) is 0 Å². The second-order valence-corrected chi connectivity index (χ2v) is 4.93. The Hall–Kier alpha value is -3.22. The predicted molar refractivity (Wildman–Crippen MR) is 85.9 cm³/mol. The van der Waals surface area contributed by atoms with Crippen LogP contribution in [0.1, 0.15) is 12.3 Å². The van der Waals surface area contributed by atoms with Crippen LogP contribution in [0.5, 0.6) is 5.75 Å². The van der Waals surface area contributed by atoms with Gasteiger partial charge in [0.1, 0.15) is 5.75 Å². The molecular formula is C17H16N4O3. The molecule has 0 radical (unpaired) electrons. The van der Waals surface area contributed by atoms with Crippen LogP contribution in [-0.2, 0) is 11.3 Å². The van der Waals surface area contributed by atoms with Crippen LogP contribution in [0.15, 0.2) is 59.3 Å². The number of hydrogen-bond acceptors (Lipinski definition) is 6. The van der Waals surface area contributed by atoms with E-state index in [9.17, 15) is 4.79 Å². The summed E-state index contributed by atoms with van der Waals surface area (Å²) < 4.78 is 11.0. The van der Waals surface area contributed by atoms with Gasteiger partial charge in [-0.1, -0.05) is 18.2 Å². The Kier molecular flexibility index (Phi) is 5.14. The van der Waals surface area contributed by atoms with Crippen LogP contribution in [0.25, 0.3) is 11.5 Å². The van der Waals surface area contributed by atoms with Gasteiger partial charge in [-0.15, -0.1) is 10.2 Å². The number of carbonyl (C=O) groups is 1. The Morgan fingerprint density at radius 2 is 2.00 bits per heavy atom. The highest BCUT2D eigenvalue weighted by atomic mass is 16.5. The number of nitrogens with one attached hydrogen (secondary N) is 1. The molecule has 7 nitrogen and oxygen atoms in total. The molecule has 0 unspecified atom stereocenters. The number of hydrogen-bond donors (Lipinski definition) is 1. The van der Waals surface area contributed by atoms with Crippen LogP contribution in [0.2, 0.25) is 0 Å². The second-order valence-electron chi connectivity index (χ2n) is 4.93. The molecule has 1 amide bonds. The van der Waals surface area contributed by atoms with Crippen molar-refractivity contribution in [3.8, 4) is 17.2 Å². The number of nitrogens with zero attached hydrogens (tertiary/aromatic N) is 3. The topological polar surface area (TPSA) is 90.1 Å². The van der Waals surface area contributed by atoms with Crippen LogP contribution in [0.3, 0.4) is 0 Å². The molecular weight excluding hydrogens is 308 g/mol. The molecule has 0 spiro atoms. The van der Waals surface area contributed by atoms with Crippen molar-refractivity contribution in [1.29, 1.82) is 0 Å². The summed E-state index contributed by atoms with van der Waals surface area (Å²) in [6, 6.07) is 13.0. The van der Waals surface area contributed by atoms with E-state index in [0.29, 0.717) is 18.4 Å². The zero-order chi connectivity index (χ0) is 16.6. The lowest BCUT2D eigenvalue weighted by atomic mass is 10.3. The third kappa shape index (κ3) is 4.39. The summed E-state index contributed by atoms with van der Waals surface area (Å²) in [5.41, 5.74) is 0.735. The van der Waals surface area contributed by atoms with Crippen molar-refractivity contribution in [2.45, 2.75) is 13.0 Å². The summed E-state index contributed by atoms with van der Waals surface area (Å²) in [7, 11) is 0. The van der Waals surface area contributed by atoms with Gasteiger partial charge in [-0.05, 0) is 24.3 Å². The smallest absolute Gasteiger partial charge is 0.249 e. The quantitative estimate of drug-likeness (QED) is 0.716. The van der Waals surface area contributed by atoms with Crippen molar-refractivity contribution in [1.82, 2.24) is 20.5 Å². The molecule has 0 aliphatic rings. The van der Waals surface area contributed by atoms with Gasteiger partial charge in [-0.2, -0.15) is 0 Å². The number of rotatable bonds is 7. The largest absolute Gasteiger partial charge is 0.493 e. The summed E-state index contributed by atoms with van der Waals surface area (Å²) in [6.45, 7) is 0.484. The van der Waals surface area contributed by atoms with Crippen molar-refractivity contribution in [2.24, 2.45) is 0 Å². The Morgan fingerprint density at radius 1 is 1.12 bits per heavy atom. The molecule has 0 fully saturated rings. The van der Waals surface area contributed by atoms with Gasteiger partial charge in [0, 0.05) is 12.4 Å². The highest BCUT2D eigenvalue weighted by molar-refractivity contribution is 5.75. The third-order valence-corrected chi connectivity index (χ3v) is 3.15. The number of benzene rings is 1. The minimum Gasteiger partial charge on any atom is -0.493 e. The first-order valence-electron chi connectivity index (χ1n) is 7.48. The van der Waals surface area contributed by atoms with Crippen molar-refractivity contribution < 1.29 is 13.9 Å². The number of carbonyl (C=O) groups excluding carboxylic acids is 1. The van der Waals surface area contributed by atoms with Crippen LogP contribution in [0, 0.1) is 0 Å². The lowest BCUT2D eigenvalue weighted by Gasteiger charge is -2.05. The summed E-state index contributed by atoms with van der Waals surface area (Å²) in [5.74, 6) is 1.31. The van der Waals surface area contributed by atoms with Crippen molar-refractivity contribution in [3.05, 3.63) is 60.7 Å². The lowest BCUT2D eigenvalue weighted by Crippen LogP contribution is -2.24. The zero-order valence-corrected chi connectivity index (χ0v) is 12.9. The Bertz CT molecular complexity index is 775. The van der Waals surface area contributed by atoms with Gasteiger partial charge in [0.25, 0.3) is 0 Å². The molecule has 1 N–H and O–H groups in total. The molecule has 1 aromatic carbocycles. The van der Waals surface area contributed by atoms with E-state index < -0.39 is 0 Å². The number of aromatic nitrogens is 3. The molecule has 2 aromatic heterocycles. The van der Waals surface area contributed by atoms with E-state index >= 15 is 0 Å². The minimum atomic E-state index is -0.146. The summed E-state index contributed by atoms with van der Waals surface area (Å²) >= 11 is 0. The molecule has 3 aromatic rings. The Morgan fingerprint density at radius 3 is 2.79 bits per heavy atom. The average Bonchev–Trinajstić information content (AvgIpc) is 3.11. The third-order valence-electron chi connectivity index (χ3n) is 3.15. The van der Waals surface area contributed by atoms with Crippen LogP contribution >= 0.6 is 0 Å². The van der Waals surface area contributed by atoms with E-state index in [0.717, 1.165) is 11.3 Å². The zero-order valence-electron chi connectivity index (χ0n) is 12.9. The SMILES string of the molecule is O=C(CCOc1ccccc1)NCc1nnc(-c2cccnc2)o1. The minimum absolute atomic E-state index is 0.146. The molecule has 122 valence electrons. The summed E-state index contributed by atoms with van der Waals surface area (Å²) in [5, 5.41) is 10.6. The Balaban J connectivity index is 1.42. The van der Waals surface area contributed by atoms with Crippen LogP contribution in [0.4, 0.5) is 0 Å². The highest BCUT2D eigenvalue weighted by Crippen LogP contribution is 2.15. The van der Waals surface area contributed by atoms with E-state index in [1.165, 1.54) is 0 Å². The molecule has 0 bridgehead atoms. The van der Waals surface area contributed by atoms with E-state index in [-0.39, 0.29) is 18.9 Å². The monoisotopic (exact) mass is 324 g/mol. The van der Waals surface area contributed by atoms with E-state index in [1.54, 1.807) is 18.5 Å². The maximum absolute atomic E-state index is 11.8. The molecule has 2 heterocycles. The fourth-order valence-electron chi connectivity index (χ4n) is 1.97. The summed E-state index contributed by atoms with van der Waals surface area (Å²) in [6.07, 6.45) is 3.55. The number of pyridine rings is 1. The molecule has 3 rings (SSSR count). The van der Waals surface area contributed by atoms with Crippen molar-refractivity contribution >= 4 is 5.91 Å². The van der Waals surface area contributed by atoms with Gasteiger partial charge < -0.3 is 14.5 Å². The molecule has 7 heteroatoms. The summed E-state index contributed by atoms with van der Waals surface area (Å²) in [4.78, 5) is 15.8. The highest BCUT2D eigenvalue weighted by Gasteiger charge is 2.09. The normalized spacial score (nSPS) is 10.3. The lowest BCUT2D eigenvalue weighted by molar-refractivity contribution is -0.121. The molecule has 0 saturated carbocycles. The van der Waals surface area contributed by atoms with Gasteiger partial charge in [0.15, 0.2) is 0 Å². The maximum atomic E-state index is 11.8. The van der Waals surface area contributed by atoms with Crippen LogP contribution < -0.4 is 10.1 Å². The van der Waals surface area contributed by atoms with Gasteiger partial charge in [-0.3, -0.25) is 9.78 Å². The average molecular weight is 324 g/mol. The molecule has 0 aliphatic heterocycles. The van der Waals surface area contributed by atoms with E-state index in [4.69, 9.17) is 9.15 Å². The first kappa shape index (κ1) is 15.7. The van der Waals surface area contributed by atoms with E-state index in [1.807, 2.05) is 36.4 Å². The first-order valence-corrected chi connectivity index (χ1v) is 7.48. The van der Waals surface area contributed by atoms with Gasteiger partial charge in [-0.25, -0.2) is 0 Å². The molecule has 0 aliphatic carbocycles. The van der Waals surface area contributed by atoms with Crippen LogP contribution in [-0.4, -0.2) is 27.7 Å². The van der Waals surface area contributed by atoms with Gasteiger partial charge in [0.2, 0.25) is 17.7 Å². The number of amides is 1. The Labute approximate surface area is 138 Å². The number of para-hydroxylation sites is 1.